The summed E-state index contributed by atoms with van der Waals surface area (Å²) in [7, 11) is 0. The molecule has 0 unspecified atom stereocenters. The molecule has 4 rings (SSSR count). The Morgan fingerprint density at radius 2 is 1.77 bits per heavy atom. The molecule has 0 spiro atoms. The fourth-order valence-electron chi connectivity index (χ4n) is 5.01. The van der Waals surface area contributed by atoms with Crippen LogP contribution in [0.15, 0.2) is 60.7 Å². The van der Waals surface area contributed by atoms with E-state index in [1.165, 1.54) is 5.56 Å². The molecule has 0 amide bonds. The smallest absolute Gasteiger partial charge is 0.308 e. The summed E-state index contributed by atoms with van der Waals surface area (Å²) in [4.78, 5) is 14.8. The van der Waals surface area contributed by atoms with E-state index in [0.717, 1.165) is 31.5 Å². The van der Waals surface area contributed by atoms with E-state index < -0.39 is 0 Å². The number of esters is 1. The largest absolute Gasteiger partial charge is 0.466 e. The predicted molar refractivity (Wildman–Crippen MR) is 119 cm³/mol. The highest BCUT2D eigenvalue weighted by Gasteiger charge is 2.46. The van der Waals surface area contributed by atoms with E-state index in [2.05, 4.69) is 41.3 Å². The number of nitrogens with zero attached hydrogens (tertiary/aromatic N) is 1. The third-order valence-corrected chi connectivity index (χ3v) is 6.32. The Balaban J connectivity index is 1.40. The number of ether oxygens (including phenoxy) is 3. The van der Waals surface area contributed by atoms with E-state index >= 15 is 0 Å². The summed E-state index contributed by atoms with van der Waals surface area (Å²) in [6, 6.07) is 21.0. The molecule has 2 aromatic carbocycles. The van der Waals surface area contributed by atoms with Gasteiger partial charge in [-0.3, -0.25) is 9.69 Å². The zero-order chi connectivity index (χ0) is 21.5. The van der Waals surface area contributed by atoms with Crippen molar-refractivity contribution in [1.29, 1.82) is 0 Å². The summed E-state index contributed by atoms with van der Waals surface area (Å²) in [6.45, 7) is 5.30. The minimum Gasteiger partial charge on any atom is -0.466 e. The third kappa shape index (κ3) is 5.94. The van der Waals surface area contributed by atoms with Crippen LogP contribution in [0.2, 0.25) is 0 Å². The molecule has 2 heterocycles. The van der Waals surface area contributed by atoms with Crippen LogP contribution in [0.4, 0.5) is 0 Å². The number of carbonyl (C=O) groups excluding carboxylic acids is 1. The zero-order valence-corrected chi connectivity index (χ0v) is 18.3. The maximum atomic E-state index is 12.3. The normalized spacial score (nSPS) is 25.8. The lowest BCUT2D eigenvalue weighted by Crippen LogP contribution is -2.51. The third-order valence-electron chi connectivity index (χ3n) is 6.32. The van der Waals surface area contributed by atoms with E-state index in [1.807, 2.05) is 31.2 Å². The van der Waals surface area contributed by atoms with Crippen molar-refractivity contribution in [2.24, 2.45) is 5.92 Å². The lowest BCUT2D eigenvalue weighted by molar-refractivity contribution is -0.160. The van der Waals surface area contributed by atoms with E-state index in [1.54, 1.807) is 0 Å². The summed E-state index contributed by atoms with van der Waals surface area (Å²) in [6.07, 6.45) is 2.27. The van der Waals surface area contributed by atoms with Crippen molar-refractivity contribution >= 4 is 5.97 Å². The number of likely N-dealkylation sites (tertiary alicyclic amines) is 1. The Bertz CT molecular complexity index is 813. The minimum atomic E-state index is -0.177. The van der Waals surface area contributed by atoms with Gasteiger partial charge in [0.15, 0.2) is 0 Å². The van der Waals surface area contributed by atoms with Gasteiger partial charge in [-0.1, -0.05) is 60.7 Å². The van der Waals surface area contributed by atoms with Gasteiger partial charge in [-0.05, 0) is 43.4 Å². The SMILES string of the molecule is CCOC(=O)C[C@@H]1O[C@@H](COCc2ccccc2)C[C@H]2CCN(Cc3ccccc3)[C@H]21. The minimum absolute atomic E-state index is 0.0149. The van der Waals surface area contributed by atoms with Crippen LogP contribution in [0.25, 0.3) is 0 Å². The predicted octanol–water partition coefficient (Wildman–Crippen LogP) is 4.20. The average molecular weight is 424 g/mol. The molecule has 31 heavy (non-hydrogen) atoms. The molecule has 2 fully saturated rings. The van der Waals surface area contributed by atoms with E-state index in [4.69, 9.17) is 14.2 Å². The number of fused-ring (bicyclic) bond motifs is 1. The molecule has 2 aliphatic heterocycles. The van der Waals surface area contributed by atoms with Crippen LogP contribution in [0.5, 0.6) is 0 Å². The Kier molecular flexibility index (Phi) is 7.73. The zero-order valence-electron chi connectivity index (χ0n) is 18.3. The fraction of sp³-hybridized carbons (Fsp3) is 0.500. The van der Waals surface area contributed by atoms with E-state index in [0.29, 0.717) is 32.2 Å². The molecule has 0 N–H and O–H groups in total. The van der Waals surface area contributed by atoms with Gasteiger partial charge in [0.25, 0.3) is 0 Å². The molecule has 2 aliphatic rings. The van der Waals surface area contributed by atoms with E-state index in [9.17, 15) is 4.79 Å². The molecule has 4 atom stereocenters. The second-order valence-corrected chi connectivity index (χ2v) is 8.54. The highest BCUT2D eigenvalue weighted by molar-refractivity contribution is 5.70. The lowest BCUT2D eigenvalue weighted by Gasteiger charge is -2.42. The second-order valence-electron chi connectivity index (χ2n) is 8.54. The molecule has 2 aromatic rings. The number of benzene rings is 2. The van der Waals surface area contributed by atoms with Crippen LogP contribution in [0, 0.1) is 5.92 Å². The van der Waals surface area contributed by atoms with Crippen LogP contribution >= 0.6 is 0 Å². The summed E-state index contributed by atoms with van der Waals surface area (Å²) in [5, 5.41) is 0. The maximum absolute atomic E-state index is 12.3. The van der Waals surface area contributed by atoms with E-state index in [-0.39, 0.29) is 24.2 Å². The molecular weight excluding hydrogens is 390 g/mol. The monoisotopic (exact) mass is 423 g/mol. The van der Waals surface area contributed by atoms with Crippen molar-refractivity contribution in [3.63, 3.8) is 0 Å². The maximum Gasteiger partial charge on any atom is 0.308 e. The van der Waals surface area contributed by atoms with Gasteiger partial charge in [0, 0.05) is 12.6 Å². The van der Waals surface area contributed by atoms with Crippen molar-refractivity contribution in [1.82, 2.24) is 4.90 Å². The van der Waals surface area contributed by atoms with Gasteiger partial charge in [-0.15, -0.1) is 0 Å². The highest BCUT2D eigenvalue weighted by Crippen LogP contribution is 2.39. The van der Waals surface area contributed by atoms with Gasteiger partial charge in [0.1, 0.15) is 0 Å². The Morgan fingerprint density at radius 1 is 1.06 bits per heavy atom. The molecule has 0 bridgehead atoms. The quantitative estimate of drug-likeness (QED) is 0.566. The number of hydrogen-bond donors (Lipinski definition) is 0. The van der Waals surface area contributed by atoms with Gasteiger partial charge in [-0.25, -0.2) is 0 Å². The van der Waals surface area contributed by atoms with Crippen LogP contribution < -0.4 is 0 Å². The molecule has 5 heteroatoms. The van der Waals surface area contributed by atoms with Gasteiger partial charge < -0.3 is 14.2 Å². The standard InChI is InChI=1S/C26H33NO4/c1-2-30-25(28)16-24-26-22(13-14-27(26)17-20-9-5-3-6-10-20)15-23(31-24)19-29-18-21-11-7-4-8-12-21/h3-12,22-24,26H,2,13-19H2,1H3/t22-,23-,24+,26-/m1/s1. The summed E-state index contributed by atoms with van der Waals surface area (Å²) in [5.74, 6) is 0.339. The molecule has 0 aromatic heterocycles. The molecule has 0 radical (unpaired) electrons. The Labute approximate surface area is 185 Å². The molecule has 5 nitrogen and oxygen atoms in total. The molecule has 0 aliphatic carbocycles. The van der Waals surface area contributed by atoms with Gasteiger partial charge in [0.2, 0.25) is 0 Å². The van der Waals surface area contributed by atoms with Crippen LogP contribution in [0.1, 0.15) is 37.3 Å². The van der Waals surface area contributed by atoms with Crippen molar-refractivity contribution in [3.8, 4) is 0 Å². The molecule has 2 saturated heterocycles. The van der Waals surface area contributed by atoms with Gasteiger partial charge in [0.05, 0.1) is 38.4 Å². The highest BCUT2D eigenvalue weighted by atomic mass is 16.6. The van der Waals surface area contributed by atoms with Crippen molar-refractivity contribution in [2.45, 2.75) is 57.6 Å². The van der Waals surface area contributed by atoms with Crippen molar-refractivity contribution in [3.05, 3.63) is 71.8 Å². The first-order chi connectivity index (χ1) is 15.2. The number of rotatable bonds is 9. The summed E-state index contributed by atoms with van der Waals surface area (Å²) >= 11 is 0. The molecular formula is C26H33NO4. The number of hydrogen-bond acceptors (Lipinski definition) is 5. The summed E-state index contributed by atoms with van der Waals surface area (Å²) in [5.41, 5.74) is 2.46. The lowest BCUT2D eigenvalue weighted by atomic mass is 9.86. The Morgan fingerprint density at radius 3 is 2.48 bits per heavy atom. The van der Waals surface area contributed by atoms with Gasteiger partial charge >= 0.3 is 5.97 Å². The second kappa shape index (κ2) is 10.9. The Hall–Kier alpha value is -2.21. The van der Waals surface area contributed by atoms with Crippen molar-refractivity contribution < 1.29 is 19.0 Å². The van der Waals surface area contributed by atoms with Crippen molar-refractivity contribution in [2.75, 3.05) is 19.8 Å². The fourth-order valence-corrected chi connectivity index (χ4v) is 5.01. The first-order valence-electron chi connectivity index (χ1n) is 11.4. The topological polar surface area (TPSA) is 48.0 Å². The molecule has 0 saturated carbocycles. The van der Waals surface area contributed by atoms with Crippen LogP contribution in [0.3, 0.4) is 0 Å². The van der Waals surface area contributed by atoms with Gasteiger partial charge in [-0.2, -0.15) is 0 Å². The molecule has 166 valence electrons. The first kappa shape index (κ1) is 22.0. The number of carbonyl (C=O) groups is 1. The van der Waals surface area contributed by atoms with Crippen LogP contribution in [-0.4, -0.2) is 48.9 Å². The summed E-state index contributed by atoms with van der Waals surface area (Å²) < 4.78 is 17.7. The first-order valence-corrected chi connectivity index (χ1v) is 11.4. The average Bonchev–Trinajstić information content (AvgIpc) is 3.18. The van der Waals surface area contributed by atoms with Crippen LogP contribution in [-0.2, 0) is 32.2 Å².